The summed E-state index contributed by atoms with van der Waals surface area (Å²) < 4.78 is 7.56. The van der Waals surface area contributed by atoms with Gasteiger partial charge in [0.05, 0.1) is 13.2 Å². The zero-order chi connectivity index (χ0) is 15.6. The van der Waals surface area contributed by atoms with E-state index in [0.717, 1.165) is 31.4 Å². The Morgan fingerprint density at radius 3 is 2.43 bits per heavy atom. The van der Waals surface area contributed by atoms with Crippen LogP contribution in [-0.2, 0) is 0 Å². The van der Waals surface area contributed by atoms with E-state index in [-0.39, 0.29) is 6.04 Å². The van der Waals surface area contributed by atoms with E-state index in [1.165, 1.54) is 5.56 Å². The monoisotopic (exact) mass is 412 g/mol. The van der Waals surface area contributed by atoms with Crippen LogP contribution in [0.1, 0.15) is 28.3 Å². The van der Waals surface area contributed by atoms with Crippen molar-refractivity contribution in [2.45, 2.75) is 19.9 Å². The molecular weight excluding hydrogens is 396 g/mol. The lowest BCUT2D eigenvalue weighted by Crippen LogP contribution is -2.30. The Balaban J connectivity index is 2.61. The molecule has 112 valence electrons. The van der Waals surface area contributed by atoms with E-state index in [9.17, 15) is 0 Å². The molecule has 0 saturated heterocycles. The number of benzene rings is 2. The molecule has 0 spiro atoms. The fraction of sp³-hybridized carbons (Fsp3) is 0.250. The number of hydrogen-bond donors (Lipinski definition) is 2. The summed E-state index contributed by atoms with van der Waals surface area (Å²) in [4.78, 5) is 0. The summed E-state index contributed by atoms with van der Waals surface area (Å²) in [5.41, 5.74) is 7.32. The molecule has 0 fully saturated rings. The van der Waals surface area contributed by atoms with Crippen molar-refractivity contribution < 1.29 is 4.74 Å². The number of methoxy groups -OCH3 is 1. The molecule has 5 heteroatoms. The summed E-state index contributed by atoms with van der Waals surface area (Å²) in [6, 6.07) is 10.1. The predicted octanol–water partition coefficient (Wildman–Crippen LogP) is 4.39. The molecular formula is C16H18Br2N2O. The second-order valence-electron chi connectivity index (χ2n) is 4.96. The third-order valence-corrected chi connectivity index (χ3v) is 4.62. The maximum atomic E-state index is 5.84. The van der Waals surface area contributed by atoms with Crippen molar-refractivity contribution in [2.24, 2.45) is 5.84 Å². The number of hydrazine groups is 1. The van der Waals surface area contributed by atoms with Gasteiger partial charge in [-0.05, 0) is 48.7 Å². The van der Waals surface area contributed by atoms with E-state index in [0.29, 0.717) is 0 Å². The van der Waals surface area contributed by atoms with Gasteiger partial charge in [0.15, 0.2) is 0 Å². The molecule has 0 aliphatic carbocycles. The first-order valence-electron chi connectivity index (χ1n) is 6.54. The second-order valence-corrected chi connectivity index (χ2v) is 6.73. The Morgan fingerprint density at radius 1 is 1.14 bits per heavy atom. The van der Waals surface area contributed by atoms with Crippen LogP contribution in [-0.4, -0.2) is 7.11 Å². The molecule has 2 rings (SSSR count). The first-order chi connectivity index (χ1) is 9.97. The normalized spacial score (nSPS) is 12.3. The average molecular weight is 414 g/mol. The fourth-order valence-electron chi connectivity index (χ4n) is 2.54. The van der Waals surface area contributed by atoms with Crippen molar-refractivity contribution in [3.8, 4) is 5.75 Å². The number of aryl methyl sites for hydroxylation is 2. The lowest BCUT2D eigenvalue weighted by atomic mass is 9.93. The van der Waals surface area contributed by atoms with Crippen molar-refractivity contribution in [2.75, 3.05) is 7.11 Å². The largest absolute Gasteiger partial charge is 0.496 e. The van der Waals surface area contributed by atoms with E-state index >= 15 is 0 Å². The minimum Gasteiger partial charge on any atom is -0.496 e. The third-order valence-electron chi connectivity index (χ3n) is 3.44. The Kier molecular flexibility index (Phi) is 5.43. The van der Waals surface area contributed by atoms with Crippen molar-refractivity contribution in [3.05, 3.63) is 61.5 Å². The molecule has 1 unspecified atom stereocenters. The molecule has 0 heterocycles. The third kappa shape index (κ3) is 3.48. The van der Waals surface area contributed by atoms with Gasteiger partial charge in [-0.3, -0.25) is 5.84 Å². The molecule has 2 aromatic rings. The molecule has 0 saturated carbocycles. The number of halogens is 2. The summed E-state index contributed by atoms with van der Waals surface area (Å²) >= 11 is 7.07. The molecule has 21 heavy (non-hydrogen) atoms. The zero-order valence-corrected chi connectivity index (χ0v) is 15.4. The minimum atomic E-state index is -0.150. The van der Waals surface area contributed by atoms with Crippen LogP contribution in [0.3, 0.4) is 0 Å². The fourth-order valence-corrected chi connectivity index (χ4v) is 3.82. The van der Waals surface area contributed by atoms with E-state index in [1.807, 2.05) is 24.3 Å². The highest BCUT2D eigenvalue weighted by Gasteiger charge is 2.21. The first-order valence-corrected chi connectivity index (χ1v) is 8.12. The maximum absolute atomic E-state index is 5.84. The minimum absolute atomic E-state index is 0.150. The van der Waals surface area contributed by atoms with Gasteiger partial charge in [-0.2, -0.15) is 0 Å². The second kappa shape index (κ2) is 6.92. The summed E-state index contributed by atoms with van der Waals surface area (Å²) in [6.07, 6.45) is 0. The highest BCUT2D eigenvalue weighted by Crippen LogP contribution is 2.37. The van der Waals surface area contributed by atoms with E-state index in [4.69, 9.17) is 10.6 Å². The lowest BCUT2D eigenvalue weighted by Gasteiger charge is -2.23. The summed E-state index contributed by atoms with van der Waals surface area (Å²) in [7, 11) is 1.68. The van der Waals surface area contributed by atoms with Crippen LogP contribution in [0.15, 0.2) is 39.3 Å². The van der Waals surface area contributed by atoms with Crippen LogP contribution in [0.4, 0.5) is 0 Å². The standard InChI is InChI=1S/C16H18Br2N2O/c1-9-6-10(2)15(14(7-9)21-3)16(20-19)12-5-4-11(17)8-13(12)18/h4-8,16,20H,19H2,1-3H3. The smallest absolute Gasteiger partial charge is 0.124 e. The van der Waals surface area contributed by atoms with Gasteiger partial charge in [0.2, 0.25) is 0 Å². The van der Waals surface area contributed by atoms with E-state index < -0.39 is 0 Å². The van der Waals surface area contributed by atoms with Crippen molar-refractivity contribution in [1.82, 2.24) is 5.43 Å². The van der Waals surface area contributed by atoms with Gasteiger partial charge in [0, 0.05) is 14.5 Å². The first kappa shape index (κ1) is 16.5. The van der Waals surface area contributed by atoms with E-state index in [2.05, 4.69) is 57.2 Å². The molecule has 2 aromatic carbocycles. The summed E-state index contributed by atoms with van der Waals surface area (Å²) in [5, 5.41) is 0. The lowest BCUT2D eigenvalue weighted by molar-refractivity contribution is 0.403. The number of rotatable bonds is 4. The van der Waals surface area contributed by atoms with Crippen LogP contribution in [0.2, 0.25) is 0 Å². The summed E-state index contributed by atoms with van der Waals surface area (Å²) in [5.74, 6) is 6.67. The molecule has 3 nitrogen and oxygen atoms in total. The SMILES string of the molecule is COc1cc(C)cc(C)c1C(NN)c1ccc(Br)cc1Br. The Hall–Kier alpha value is -0.880. The molecule has 0 aliphatic heterocycles. The van der Waals surface area contributed by atoms with Crippen LogP contribution < -0.4 is 16.0 Å². The van der Waals surface area contributed by atoms with Gasteiger partial charge in [0.25, 0.3) is 0 Å². The van der Waals surface area contributed by atoms with E-state index in [1.54, 1.807) is 7.11 Å². The summed E-state index contributed by atoms with van der Waals surface area (Å²) in [6.45, 7) is 4.13. The Bertz CT molecular complexity index is 659. The molecule has 0 radical (unpaired) electrons. The van der Waals surface area contributed by atoms with Crippen molar-refractivity contribution in [1.29, 1.82) is 0 Å². The van der Waals surface area contributed by atoms with Crippen molar-refractivity contribution in [3.63, 3.8) is 0 Å². The van der Waals surface area contributed by atoms with Crippen LogP contribution in [0, 0.1) is 13.8 Å². The van der Waals surface area contributed by atoms with Gasteiger partial charge in [-0.25, -0.2) is 5.43 Å². The number of nitrogens with one attached hydrogen (secondary N) is 1. The number of hydrogen-bond acceptors (Lipinski definition) is 3. The van der Waals surface area contributed by atoms with Gasteiger partial charge >= 0.3 is 0 Å². The average Bonchev–Trinajstić information content (AvgIpc) is 2.42. The Morgan fingerprint density at radius 2 is 1.86 bits per heavy atom. The van der Waals surface area contributed by atoms with Crippen LogP contribution in [0.5, 0.6) is 5.75 Å². The molecule has 1 atom stereocenters. The quantitative estimate of drug-likeness (QED) is 0.577. The van der Waals surface area contributed by atoms with Crippen molar-refractivity contribution >= 4 is 31.9 Å². The Labute approximate surface area is 142 Å². The number of nitrogens with two attached hydrogens (primary N) is 1. The van der Waals surface area contributed by atoms with Gasteiger partial charge in [-0.15, -0.1) is 0 Å². The van der Waals surface area contributed by atoms with Gasteiger partial charge in [-0.1, -0.05) is 44.0 Å². The zero-order valence-electron chi connectivity index (χ0n) is 12.2. The number of ether oxygens (including phenoxy) is 1. The molecule has 3 N–H and O–H groups in total. The highest BCUT2D eigenvalue weighted by molar-refractivity contribution is 9.11. The highest BCUT2D eigenvalue weighted by atomic mass is 79.9. The molecule has 0 aliphatic rings. The molecule has 0 bridgehead atoms. The predicted molar refractivity (Wildman–Crippen MR) is 93.5 cm³/mol. The van der Waals surface area contributed by atoms with Crippen LogP contribution >= 0.6 is 31.9 Å². The maximum Gasteiger partial charge on any atom is 0.124 e. The molecule has 0 aromatic heterocycles. The topological polar surface area (TPSA) is 47.3 Å². The molecule has 0 amide bonds. The van der Waals surface area contributed by atoms with Crippen LogP contribution in [0.25, 0.3) is 0 Å². The van der Waals surface area contributed by atoms with Gasteiger partial charge < -0.3 is 4.74 Å². The van der Waals surface area contributed by atoms with Gasteiger partial charge in [0.1, 0.15) is 5.75 Å².